The van der Waals surface area contributed by atoms with Crippen molar-refractivity contribution in [2.24, 2.45) is 0 Å². The lowest BCUT2D eigenvalue weighted by Gasteiger charge is -2.12. The van der Waals surface area contributed by atoms with Gasteiger partial charge in [-0.1, -0.05) is 0 Å². The number of ketones is 1. The number of halogens is 1. The Bertz CT molecular complexity index is 540. The molecule has 0 saturated heterocycles. The van der Waals surface area contributed by atoms with E-state index in [-0.39, 0.29) is 10.7 Å². The molecule has 1 aromatic rings. The smallest absolute Gasteiger partial charge is 0.241 e. The number of aryl methyl sites for hydroxylation is 1. The van der Waals surface area contributed by atoms with Crippen LogP contribution in [0.2, 0.25) is 0 Å². The fourth-order valence-corrected chi connectivity index (χ4v) is 2.78. The molecule has 1 aromatic carbocycles. The fraction of sp³-hybridized carbons (Fsp3) is 0.364. The van der Waals surface area contributed by atoms with Gasteiger partial charge in [0.25, 0.3) is 0 Å². The summed E-state index contributed by atoms with van der Waals surface area (Å²) in [6.07, 6.45) is 0. The van der Waals surface area contributed by atoms with Crippen LogP contribution in [0.4, 0.5) is 4.39 Å². The first-order chi connectivity index (χ1) is 7.74. The van der Waals surface area contributed by atoms with Crippen molar-refractivity contribution in [3.05, 3.63) is 29.6 Å². The number of Topliss-reactive ketones (excluding diaryl/α,β-unsaturated/α-hetero) is 1. The van der Waals surface area contributed by atoms with Crippen LogP contribution in [0.3, 0.4) is 0 Å². The van der Waals surface area contributed by atoms with Crippen LogP contribution < -0.4 is 4.72 Å². The highest BCUT2D eigenvalue weighted by molar-refractivity contribution is 7.89. The highest BCUT2D eigenvalue weighted by Gasteiger charge is 2.21. The molecule has 0 radical (unpaired) electrons. The summed E-state index contributed by atoms with van der Waals surface area (Å²) < 4.78 is 38.9. The van der Waals surface area contributed by atoms with Gasteiger partial charge in [0.05, 0.1) is 10.9 Å². The van der Waals surface area contributed by atoms with Gasteiger partial charge in [-0.05, 0) is 44.5 Å². The highest BCUT2D eigenvalue weighted by Crippen LogP contribution is 2.16. The third kappa shape index (κ3) is 3.34. The van der Waals surface area contributed by atoms with E-state index in [2.05, 4.69) is 4.72 Å². The molecule has 0 aliphatic rings. The van der Waals surface area contributed by atoms with Crippen molar-refractivity contribution in [3.63, 3.8) is 0 Å². The maximum Gasteiger partial charge on any atom is 0.241 e. The molecular formula is C11H14FNO3S. The van der Waals surface area contributed by atoms with Crippen molar-refractivity contribution in [3.8, 4) is 0 Å². The van der Waals surface area contributed by atoms with E-state index in [9.17, 15) is 17.6 Å². The summed E-state index contributed by atoms with van der Waals surface area (Å²) in [5.74, 6) is -0.783. The second-order valence-corrected chi connectivity index (χ2v) is 5.55. The SMILES string of the molecule is CC(=O)C(C)NS(=O)(=O)c1ccc(F)cc1C. The molecule has 94 valence electrons. The van der Waals surface area contributed by atoms with Gasteiger partial charge >= 0.3 is 0 Å². The van der Waals surface area contributed by atoms with Crippen molar-refractivity contribution in [1.82, 2.24) is 4.72 Å². The van der Waals surface area contributed by atoms with Crippen LogP contribution in [0.1, 0.15) is 19.4 Å². The Labute approximate surface area is 99.9 Å². The molecule has 1 N–H and O–H groups in total. The largest absolute Gasteiger partial charge is 0.298 e. The zero-order valence-corrected chi connectivity index (χ0v) is 10.6. The molecule has 0 saturated carbocycles. The van der Waals surface area contributed by atoms with E-state index in [1.54, 1.807) is 0 Å². The molecule has 0 aliphatic heterocycles. The van der Waals surface area contributed by atoms with Gasteiger partial charge in [0.15, 0.2) is 0 Å². The molecule has 0 heterocycles. The third-order valence-corrected chi connectivity index (χ3v) is 4.07. The summed E-state index contributed by atoms with van der Waals surface area (Å²) in [4.78, 5) is 11.0. The van der Waals surface area contributed by atoms with Gasteiger partial charge in [0, 0.05) is 0 Å². The molecule has 0 bridgehead atoms. The maximum atomic E-state index is 12.9. The van der Waals surface area contributed by atoms with E-state index < -0.39 is 21.9 Å². The Morgan fingerprint density at radius 3 is 2.47 bits per heavy atom. The molecule has 6 heteroatoms. The summed E-state index contributed by atoms with van der Waals surface area (Å²) >= 11 is 0. The fourth-order valence-electron chi connectivity index (χ4n) is 1.29. The van der Waals surface area contributed by atoms with Crippen molar-refractivity contribution in [2.75, 3.05) is 0 Å². The van der Waals surface area contributed by atoms with E-state index in [1.807, 2.05) is 0 Å². The van der Waals surface area contributed by atoms with Gasteiger partial charge in [0.1, 0.15) is 11.6 Å². The molecule has 1 rings (SSSR count). The van der Waals surface area contributed by atoms with Gasteiger partial charge in [-0.25, -0.2) is 17.5 Å². The zero-order valence-electron chi connectivity index (χ0n) is 9.82. The molecule has 0 aliphatic carbocycles. The molecule has 0 amide bonds. The minimum Gasteiger partial charge on any atom is -0.298 e. The Balaban J connectivity index is 3.10. The standard InChI is InChI=1S/C11H14FNO3S/c1-7-6-10(12)4-5-11(7)17(15,16)13-8(2)9(3)14/h4-6,8,13H,1-3H3. The van der Waals surface area contributed by atoms with Crippen LogP contribution in [0.5, 0.6) is 0 Å². The van der Waals surface area contributed by atoms with Crippen LogP contribution in [-0.4, -0.2) is 20.2 Å². The zero-order chi connectivity index (χ0) is 13.2. The highest BCUT2D eigenvalue weighted by atomic mass is 32.2. The number of hydrogen-bond acceptors (Lipinski definition) is 3. The molecule has 17 heavy (non-hydrogen) atoms. The molecular weight excluding hydrogens is 245 g/mol. The number of benzene rings is 1. The van der Waals surface area contributed by atoms with E-state index in [4.69, 9.17) is 0 Å². The van der Waals surface area contributed by atoms with Crippen molar-refractivity contribution >= 4 is 15.8 Å². The molecule has 0 aromatic heterocycles. The molecule has 0 spiro atoms. The average molecular weight is 259 g/mol. The second-order valence-electron chi connectivity index (χ2n) is 3.86. The third-order valence-electron chi connectivity index (χ3n) is 2.37. The van der Waals surface area contributed by atoms with Crippen molar-refractivity contribution in [2.45, 2.75) is 31.7 Å². The second kappa shape index (κ2) is 4.93. The van der Waals surface area contributed by atoms with Crippen LogP contribution in [0.15, 0.2) is 23.1 Å². The molecule has 1 atom stereocenters. The molecule has 1 unspecified atom stereocenters. The minimum atomic E-state index is -3.79. The minimum absolute atomic E-state index is 0.0213. The van der Waals surface area contributed by atoms with Crippen molar-refractivity contribution in [1.29, 1.82) is 0 Å². The lowest BCUT2D eigenvalue weighted by atomic mass is 10.2. The summed E-state index contributed by atoms with van der Waals surface area (Å²) in [5, 5.41) is 0. The average Bonchev–Trinajstić information content (AvgIpc) is 2.15. The monoisotopic (exact) mass is 259 g/mol. The van der Waals surface area contributed by atoms with E-state index >= 15 is 0 Å². The summed E-state index contributed by atoms with van der Waals surface area (Å²) in [7, 11) is -3.79. The first-order valence-corrected chi connectivity index (χ1v) is 6.51. The van der Waals surface area contributed by atoms with Crippen molar-refractivity contribution < 1.29 is 17.6 Å². The Hall–Kier alpha value is -1.27. The quantitative estimate of drug-likeness (QED) is 0.888. The van der Waals surface area contributed by atoms with Gasteiger partial charge in [-0.2, -0.15) is 0 Å². The summed E-state index contributed by atoms with van der Waals surface area (Å²) in [6.45, 7) is 4.25. The van der Waals surface area contributed by atoms with Gasteiger partial charge in [0.2, 0.25) is 10.0 Å². The number of carbonyl (C=O) groups excluding carboxylic acids is 1. The van der Waals surface area contributed by atoms with E-state index in [1.165, 1.54) is 26.8 Å². The van der Waals surface area contributed by atoms with Crippen LogP contribution in [0, 0.1) is 12.7 Å². The van der Waals surface area contributed by atoms with Gasteiger partial charge in [-0.15, -0.1) is 0 Å². The normalized spacial score (nSPS) is 13.4. The van der Waals surface area contributed by atoms with Crippen LogP contribution >= 0.6 is 0 Å². The number of sulfonamides is 1. The predicted octanol–water partition coefficient (Wildman–Crippen LogP) is 1.39. The first-order valence-electron chi connectivity index (χ1n) is 5.03. The maximum absolute atomic E-state index is 12.9. The predicted molar refractivity (Wildman–Crippen MR) is 61.6 cm³/mol. The lowest BCUT2D eigenvalue weighted by molar-refractivity contribution is -0.118. The number of hydrogen-bond donors (Lipinski definition) is 1. The van der Waals surface area contributed by atoms with E-state index in [0.717, 1.165) is 12.1 Å². The summed E-state index contributed by atoms with van der Waals surface area (Å²) in [6, 6.07) is 2.58. The lowest BCUT2D eigenvalue weighted by Crippen LogP contribution is -2.37. The van der Waals surface area contributed by atoms with Crippen LogP contribution in [0.25, 0.3) is 0 Å². The first kappa shape index (κ1) is 13.8. The summed E-state index contributed by atoms with van der Waals surface area (Å²) in [5.41, 5.74) is 0.299. The number of carbonyl (C=O) groups is 1. The number of rotatable bonds is 4. The van der Waals surface area contributed by atoms with E-state index in [0.29, 0.717) is 5.56 Å². The molecule has 0 fully saturated rings. The Morgan fingerprint density at radius 2 is 2.00 bits per heavy atom. The Kier molecular flexibility index (Phi) is 4.00. The number of nitrogens with one attached hydrogen (secondary N) is 1. The van der Waals surface area contributed by atoms with Crippen LogP contribution in [-0.2, 0) is 14.8 Å². The Morgan fingerprint density at radius 1 is 1.41 bits per heavy atom. The van der Waals surface area contributed by atoms with Gasteiger partial charge in [-0.3, -0.25) is 4.79 Å². The topological polar surface area (TPSA) is 63.2 Å². The van der Waals surface area contributed by atoms with Gasteiger partial charge < -0.3 is 0 Å². The molecule has 4 nitrogen and oxygen atoms in total.